The summed E-state index contributed by atoms with van der Waals surface area (Å²) < 4.78 is 13.1. The van der Waals surface area contributed by atoms with Crippen LogP contribution in [0.4, 0.5) is 4.39 Å². The number of aliphatic hydroxyl groups excluding tert-OH is 1. The number of amides is 1. The van der Waals surface area contributed by atoms with E-state index in [9.17, 15) is 9.18 Å². The summed E-state index contributed by atoms with van der Waals surface area (Å²) in [5, 5.41) is 11.8. The minimum atomic E-state index is -0.404. The Morgan fingerprint density at radius 1 is 1.44 bits per heavy atom. The van der Waals surface area contributed by atoms with E-state index in [-0.39, 0.29) is 18.1 Å². The van der Waals surface area contributed by atoms with Gasteiger partial charge in [-0.25, -0.2) is 4.39 Å². The minimum absolute atomic E-state index is 0.0195. The lowest BCUT2D eigenvalue weighted by molar-refractivity contribution is 0.0562. The molecule has 1 saturated carbocycles. The highest BCUT2D eigenvalue weighted by Gasteiger charge is 2.28. The highest BCUT2D eigenvalue weighted by molar-refractivity contribution is 5.94. The first-order valence-corrected chi connectivity index (χ1v) is 5.31. The van der Waals surface area contributed by atoms with Crippen molar-refractivity contribution in [3.05, 3.63) is 35.1 Å². The van der Waals surface area contributed by atoms with E-state index in [2.05, 4.69) is 5.32 Å². The normalized spacial score (nSPS) is 23.7. The average molecular weight is 223 g/mol. The summed E-state index contributed by atoms with van der Waals surface area (Å²) in [7, 11) is 0. The molecule has 1 aliphatic carbocycles. The number of hydrogen-bond donors (Lipinski definition) is 2. The molecule has 2 N–H and O–H groups in total. The number of carbonyl (C=O) groups excluding carboxylic acids is 1. The van der Waals surface area contributed by atoms with E-state index in [1.165, 1.54) is 12.1 Å². The number of nitrogens with one attached hydrogen (secondary N) is 1. The van der Waals surface area contributed by atoms with Crippen molar-refractivity contribution in [2.45, 2.75) is 31.9 Å². The van der Waals surface area contributed by atoms with Gasteiger partial charge in [-0.05, 0) is 43.5 Å². The van der Waals surface area contributed by atoms with Gasteiger partial charge in [0.25, 0.3) is 5.91 Å². The number of carbonyl (C=O) groups is 1. The van der Waals surface area contributed by atoms with Gasteiger partial charge in [-0.2, -0.15) is 0 Å². The van der Waals surface area contributed by atoms with Crippen LogP contribution in [-0.4, -0.2) is 23.2 Å². The Labute approximate surface area is 93.3 Å². The van der Waals surface area contributed by atoms with E-state index in [0.717, 1.165) is 5.56 Å². The van der Waals surface area contributed by atoms with Crippen LogP contribution in [0.5, 0.6) is 0 Å². The molecule has 0 aromatic heterocycles. The van der Waals surface area contributed by atoms with Gasteiger partial charge in [0.2, 0.25) is 0 Å². The summed E-state index contributed by atoms with van der Waals surface area (Å²) in [5.41, 5.74) is 1.05. The Morgan fingerprint density at radius 3 is 2.69 bits per heavy atom. The molecule has 0 unspecified atom stereocenters. The number of benzene rings is 1. The molecular weight excluding hydrogens is 209 g/mol. The van der Waals surface area contributed by atoms with Crippen molar-refractivity contribution < 1.29 is 14.3 Å². The van der Waals surface area contributed by atoms with E-state index in [0.29, 0.717) is 18.4 Å². The summed E-state index contributed by atoms with van der Waals surface area (Å²) in [6.45, 7) is 1.74. The van der Waals surface area contributed by atoms with Gasteiger partial charge in [0.1, 0.15) is 5.82 Å². The van der Waals surface area contributed by atoms with E-state index in [4.69, 9.17) is 5.11 Å². The van der Waals surface area contributed by atoms with Gasteiger partial charge in [-0.15, -0.1) is 0 Å². The number of aliphatic hydroxyl groups is 1. The molecule has 1 amide bonds. The first-order chi connectivity index (χ1) is 7.54. The molecule has 0 saturated heterocycles. The number of rotatable bonds is 2. The maximum absolute atomic E-state index is 13.1. The fraction of sp³-hybridized carbons (Fsp3) is 0.417. The van der Waals surface area contributed by atoms with E-state index >= 15 is 0 Å². The van der Waals surface area contributed by atoms with Crippen molar-refractivity contribution in [3.63, 3.8) is 0 Å². The molecule has 1 aromatic rings. The predicted molar refractivity (Wildman–Crippen MR) is 57.6 cm³/mol. The molecule has 2 rings (SSSR count). The van der Waals surface area contributed by atoms with Crippen LogP contribution in [0.15, 0.2) is 18.2 Å². The van der Waals surface area contributed by atoms with Crippen molar-refractivity contribution in [2.75, 3.05) is 0 Å². The molecule has 0 heterocycles. The first-order valence-electron chi connectivity index (χ1n) is 5.31. The molecular formula is C12H14FNO2. The molecule has 0 radical (unpaired) electrons. The van der Waals surface area contributed by atoms with E-state index in [1.807, 2.05) is 0 Å². The number of halogens is 1. The molecule has 1 aliphatic rings. The monoisotopic (exact) mass is 223 g/mol. The van der Waals surface area contributed by atoms with Crippen LogP contribution in [0.2, 0.25) is 0 Å². The summed E-state index contributed by atoms with van der Waals surface area (Å²) in [6.07, 6.45) is 0.861. The summed E-state index contributed by atoms with van der Waals surface area (Å²) in [6, 6.07) is 4.26. The van der Waals surface area contributed by atoms with Gasteiger partial charge in [0.15, 0.2) is 0 Å². The van der Waals surface area contributed by atoms with Crippen LogP contribution in [-0.2, 0) is 0 Å². The number of hydrogen-bond acceptors (Lipinski definition) is 2. The molecule has 1 aromatic carbocycles. The Kier molecular flexibility index (Phi) is 2.92. The van der Waals surface area contributed by atoms with Crippen LogP contribution in [0.3, 0.4) is 0 Å². The summed E-state index contributed by atoms with van der Waals surface area (Å²) in [5.74, 6) is -0.682. The molecule has 86 valence electrons. The van der Waals surface area contributed by atoms with Crippen molar-refractivity contribution in [1.82, 2.24) is 5.32 Å². The highest BCUT2D eigenvalue weighted by atomic mass is 19.1. The second-order valence-corrected chi connectivity index (χ2v) is 4.31. The SMILES string of the molecule is Cc1cc(F)cc(C(=O)NC2CC(O)C2)c1. The highest BCUT2D eigenvalue weighted by Crippen LogP contribution is 2.20. The van der Waals surface area contributed by atoms with Crippen molar-refractivity contribution in [2.24, 2.45) is 0 Å². The Morgan fingerprint density at radius 2 is 2.12 bits per heavy atom. The molecule has 0 bridgehead atoms. The third-order valence-corrected chi connectivity index (χ3v) is 2.75. The maximum atomic E-state index is 13.1. The third kappa shape index (κ3) is 2.39. The second kappa shape index (κ2) is 4.22. The van der Waals surface area contributed by atoms with Crippen molar-refractivity contribution in [1.29, 1.82) is 0 Å². The molecule has 1 fully saturated rings. The maximum Gasteiger partial charge on any atom is 0.251 e. The molecule has 0 atom stereocenters. The van der Waals surface area contributed by atoms with Crippen LogP contribution >= 0.6 is 0 Å². The number of aryl methyl sites for hydroxylation is 1. The minimum Gasteiger partial charge on any atom is -0.393 e. The van der Waals surface area contributed by atoms with Crippen molar-refractivity contribution >= 4 is 5.91 Å². The van der Waals surface area contributed by atoms with E-state index < -0.39 is 5.82 Å². The zero-order valence-corrected chi connectivity index (χ0v) is 9.03. The molecule has 0 spiro atoms. The van der Waals surface area contributed by atoms with Gasteiger partial charge in [0.05, 0.1) is 6.10 Å². The second-order valence-electron chi connectivity index (χ2n) is 4.31. The van der Waals surface area contributed by atoms with E-state index in [1.54, 1.807) is 13.0 Å². The first kappa shape index (κ1) is 11.1. The Balaban J connectivity index is 2.03. The fourth-order valence-electron chi connectivity index (χ4n) is 1.84. The van der Waals surface area contributed by atoms with Crippen LogP contribution in [0, 0.1) is 12.7 Å². The summed E-state index contributed by atoms with van der Waals surface area (Å²) >= 11 is 0. The zero-order chi connectivity index (χ0) is 11.7. The third-order valence-electron chi connectivity index (χ3n) is 2.75. The molecule has 4 heteroatoms. The van der Waals surface area contributed by atoms with Crippen LogP contribution in [0.25, 0.3) is 0 Å². The van der Waals surface area contributed by atoms with Gasteiger partial charge in [-0.1, -0.05) is 0 Å². The van der Waals surface area contributed by atoms with Gasteiger partial charge >= 0.3 is 0 Å². The smallest absolute Gasteiger partial charge is 0.251 e. The zero-order valence-electron chi connectivity index (χ0n) is 9.03. The quantitative estimate of drug-likeness (QED) is 0.796. The molecule has 0 aliphatic heterocycles. The largest absolute Gasteiger partial charge is 0.393 e. The lowest BCUT2D eigenvalue weighted by atomic mass is 9.89. The predicted octanol–water partition coefficient (Wildman–Crippen LogP) is 1.39. The topological polar surface area (TPSA) is 49.3 Å². The average Bonchev–Trinajstić information content (AvgIpc) is 2.13. The van der Waals surface area contributed by atoms with Gasteiger partial charge in [-0.3, -0.25) is 4.79 Å². The van der Waals surface area contributed by atoms with Gasteiger partial charge in [0, 0.05) is 11.6 Å². The van der Waals surface area contributed by atoms with Crippen LogP contribution in [0.1, 0.15) is 28.8 Å². The fourth-order valence-corrected chi connectivity index (χ4v) is 1.84. The lowest BCUT2D eigenvalue weighted by Gasteiger charge is -2.31. The lowest BCUT2D eigenvalue weighted by Crippen LogP contribution is -2.46. The van der Waals surface area contributed by atoms with Crippen molar-refractivity contribution in [3.8, 4) is 0 Å². The Bertz CT molecular complexity index is 393. The molecule has 3 nitrogen and oxygen atoms in total. The standard InChI is InChI=1S/C12H14FNO2/c1-7-2-8(4-9(13)3-7)12(16)14-10-5-11(15)6-10/h2-4,10-11,15H,5-6H2,1H3,(H,14,16). The Hall–Kier alpha value is -1.42. The molecule has 16 heavy (non-hydrogen) atoms. The summed E-state index contributed by atoms with van der Waals surface area (Å²) in [4.78, 5) is 11.7. The van der Waals surface area contributed by atoms with Crippen LogP contribution < -0.4 is 5.32 Å². The van der Waals surface area contributed by atoms with Gasteiger partial charge < -0.3 is 10.4 Å².